The first-order chi connectivity index (χ1) is 13.8. The Balaban J connectivity index is 1.31. The zero-order valence-electron chi connectivity index (χ0n) is 15.5. The van der Waals surface area contributed by atoms with Gasteiger partial charge in [-0.3, -0.25) is 4.79 Å². The van der Waals surface area contributed by atoms with E-state index in [0.29, 0.717) is 37.4 Å². The van der Waals surface area contributed by atoms with Crippen molar-refractivity contribution in [2.75, 3.05) is 18.0 Å². The van der Waals surface area contributed by atoms with Crippen molar-refractivity contribution in [1.82, 2.24) is 4.98 Å². The minimum Gasteiger partial charge on any atom is -0.462 e. The van der Waals surface area contributed by atoms with Crippen molar-refractivity contribution in [2.45, 2.75) is 37.5 Å². The number of hydrogen-bond donors (Lipinski definition) is 0. The van der Waals surface area contributed by atoms with Crippen molar-refractivity contribution in [3.8, 4) is 0 Å². The number of benzene rings is 1. The van der Waals surface area contributed by atoms with E-state index < -0.39 is 29.5 Å². The van der Waals surface area contributed by atoms with Crippen LogP contribution >= 0.6 is 11.6 Å². The molecule has 2 fully saturated rings. The first-order valence-electron chi connectivity index (χ1n) is 9.56. The van der Waals surface area contributed by atoms with Crippen molar-refractivity contribution >= 4 is 23.4 Å². The highest BCUT2D eigenvalue weighted by molar-refractivity contribution is 6.30. The summed E-state index contributed by atoms with van der Waals surface area (Å²) in [5.74, 6) is -0.478. The van der Waals surface area contributed by atoms with E-state index in [4.69, 9.17) is 16.3 Å². The van der Waals surface area contributed by atoms with Gasteiger partial charge in [-0.05, 0) is 36.1 Å². The van der Waals surface area contributed by atoms with Gasteiger partial charge in [0, 0.05) is 32.1 Å². The van der Waals surface area contributed by atoms with Crippen LogP contribution in [0.15, 0.2) is 42.6 Å². The van der Waals surface area contributed by atoms with Crippen LogP contribution < -0.4 is 4.90 Å². The topological polar surface area (TPSA) is 42.4 Å². The molecule has 1 saturated heterocycles. The SMILES string of the molecule is O=C(OC1CCN(c2ccc(Cl)cn2)CC1)[C@@H]1C[C@H]1c1ccccc1C(F)(F)F. The summed E-state index contributed by atoms with van der Waals surface area (Å²) in [5, 5.41) is 0.573. The summed E-state index contributed by atoms with van der Waals surface area (Å²) >= 11 is 5.86. The van der Waals surface area contributed by atoms with Gasteiger partial charge in [0.15, 0.2) is 0 Å². The third-order valence-corrected chi connectivity index (χ3v) is 5.74. The highest BCUT2D eigenvalue weighted by atomic mass is 35.5. The lowest BCUT2D eigenvalue weighted by Crippen LogP contribution is -2.38. The van der Waals surface area contributed by atoms with Crippen LogP contribution in [0.5, 0.6) is 0 Å². The van der Waals surface area contributed by atoms with Gasteiger partial charge in [0.25, 0.3) is 0 Å². The fourth-order valence-corrected chi connectivity index (χ4v) is 4.00. The lowest BCUT2D eigenvalue weighted by molar-refractivity contribution is -0.152. The summed E-state index contributed by atoms with van der Waals surface area (Å²) in [5.41, 5.74) is -0.477. The Morgan fingerprint density at radius 1 is 1.14 bits per heavy atom. The molecule has 29 heavy (non-hydrogen) atoms. The van der Waals surface area contributed by atoms with Crippen LogP contribution in [-0.4, -0.2) is 30.1 Å². The number of piperidine rings is 1. The molecule has 1 aliphatic carbocycles. The van der Waals surface area contributed by atoms with Crippen LogP contribution in [0.1, 0.15) is 36.3 Å². The summed E-state index contributed by atoms with van der Waals surface area (Å²) < 4.78 is 45.2. The minimum atomic E-state index is -4.42. The van der Waals surface area contributed by atoms with Crippen molar-refractivity contribution in [3.05, 3.63) is 58.7 Å². The maximum absolute atomic E-state index is 13.2. The Labute approximate surface area is 171 Å². The van der Waals surface area contributed by atoms with E-state index in [0.717, 1.165) is 11.9 Å². The molecule has 1 aromatic heterocycles. The molecular weight excluding hydrogens is 405 g/mol. The number of carbonyl (C=O) groups is 1. The maximum atomic E-state index is 13.2. The number of rotatable bonds is 4. The van der Waals surface area contributed by atoms with E-state index in [1.165, 1.54) is 12.1 Å². The molecule has 2 aliphatic rings. The van der Waals surface area contributed by atoms with Crippen LogP contribution in [0.25, 0.3) is 0 Å². The van der Waals surface area contributed by atoms with Crippen LogP contribution in [0, 0.1) is 5.92 Å². The standard InChI is InChI=1S/C21H20ClF3N2O2/c22-13-5-6-19(26-12-13)27-9-7-14(8-10-27)29-20(28)17-11-16(17)15-3-1-2-4-18(15)21(23,24)25/h1-6,12,14,16-17H,7-11H2/t16-,17+/m0/s1. The predicted molar refractivity (Wildman–Crippen MR) is 103 cm³/mol. The van der Waals surface area contributed by atoms with Gasteiger partial charge in [0.1, 0.15) is 11.9 Å². The van der Waals surface area contributed by atoms with Gasteiger partial charge in [0.2, 0.25) is 0 Å². The molecule has 1 aliphatic heterocycles. The number of pyridine rings is 1. The normalized spacial score (nSPS) is 22.4. The van der Waals surface area contributed by atoms with Crippen LogP contribution in [0.3, 0.4) is 0 Å². The molecule has 2 atom stereocenters. The number of hydrogen-bond acceptors (Lipinski definition) is 4. The average Bonchev–Trinajstić information content (AvgIpc) is 3.50. The Morgan fingerprint density at radius 2 is 1.86 bits per heavy atom. The van der Waals surface area contributed by atoms with Crippen LogP contribution in [0.2, 0.25) is 5.02 Å². The molecular formula is C21H20ClF3N2O2. The molecule has 4 rings (SSSR count). The molecule has 8 heteroatoms. The second kappa shape index (κ2) is 7.86. The molecule has 0 amide bonds. The molecule has 0 unspecified atom stereocenters. The van der Waals surface area contributed by atoms with Gasteiger partial charge in [-0.25, -0.2) is 4.98 Å². The van der Waals surface area contributed by atoms with E-state index in [9.17, 15) is 18.0 Å². The molecule has 1 saturated carbocycles. The summed E-state index contributed by atoms with van der Waals surface area (Å²) in [6.07, 6.45) is -1.32. The quantitative estimate of drug-likeness (QED) is 0.643. The van der Waals surface area contributed by atoms with E-state index in [1.807, 2.05) is 6.07 Å². The number of esters is 1. The Morgan fingerprint density at radius 3 is 2.52 bits per heavy atom. The van der Waals surface area contributed by atoms with E-state index >= 15 is 0 Å². The second-order valence-electron chi connectivity index (χ2n) is 7.49. The number of ether oxygens (including phenoxy) is 1. The maximum Gasteiger partial charge on any atom is 0.416 e. The summed E-state index contributed by atoms with van der Waals surface area (Å²) in [6.45, 7) is 1.38. The average molecular weight is 425 g/mol. The lowest BCUT2D eigenvalue weighted by atomic mass is 10.0. The summed E-state index contributed by atoms with van der Waals surface area (Å²) in [6, 6.07) is 9.09. The van der Waals surface area contributed by atoms with Crippen molar-refractivity contribution in [3.63, 3.8) is 0 Å². The molecule has 2 aromatic rings. The van der Waals surface area contributed by atoms with Crippen LogP contribution in [0.4, 0.5) is 19.0 Å². The van der Waals surface area contributed by atoms with Gasteiger partial charge in [-0.15, -0.1) is 0 Å². The highest BCUT2D eigenvalue weighted by Crippen LogP contribution is 2.51. The first-order valence-corrected chi connectivity index (χ1v) is 9.94. The monoisotopic (exact) mass is 424 g/mol. The summed E-state index contributed by atoms with van der Waals surface area (Å²) in [7, 11) is 0. The Bertz CT molecular complexity index is 880. The molecule has 0 bridgehead atoms. The lowest BCUT2D eigenvalue weighted by Gasteiger charge is -2.32. The third-order valence-electron chi connectivity index (χ3n) is 5.52. The second-order valence-corrected chi connectivity index (χ2v) is 7.93. The third kappa shape index (κ3) is 4.50. The molecule has 4 nitrogen and oxygen atoms in total. The predicted octanol–water partition coefficient (Wildman–Crippen LogP) is 5.07. The number of halogens is 4. The summed E-state index contributed by atoms with van der Waals surface area (Å²) in [4.78, 5) is 18.9. The zero-order valence-corrected chi connectivity index (χ0v) is 16.3. The van der Waals surface area contributed by atoms with E-state index in [2.05, 4.69) is 9.88 Å². The van der Waals surface area contributed by atoms with Gasteiger partial charge >= 0.3 is 12.1 Å². The van der Waals surface area contributed by atoms with Gasteiger partial charge < -0.3 is 9.64 Å². The smallest absolute Gasteiger partial charge is 0.416 e. The fourth-order valence-electron chi connectivity index (χ4n) is 3.89. The van der Waals surface area contributed by atoms with Gasteiger partial charge in [0.05, 0.1) is 16.5 Å². The number of anilines is 1. The van der Waals surface area contributed by atoms with Crippen LogP contribution in [-0.2, 0) is 15.7 Å². The molecule has 1 aromatic carbocycles. The number of aromatic nitrogens is 1. The molecule has 154 valence electrons. The first kappa shape index (κ1) is 20.0. The number of alkyl halides is 3. The number of nitrogens with zero attached hydrogens (tertiary/aromatic N) is 2. The van der Waals surface area contributed by atoms with Crippen molar-refractivity contribution < 1.29 is 22.7 Å². The van der Waals surface area contributed by atoms with Crippen molar-refractivity contribution in [1.29, 1.82) is 0 Å². The molecule has 2 heterocycles. The highest BCUT2D eigenvalue weighted by Gasteiger charge is 2.49. The van der Waals surface area contributed by atoms with E-state index in [1.54, 1.807) is 18.3 Å². The van der Waals surface area contributed by atoms with Gasteiger partial charge in [-0.1, -0.05) is 29.8 Å². The molecule has 0 N–H and O–H groups in total. The molecule has 0 spiro atoms. The zero-order chi connectivity index (χ0) is 20.6. The number of carbonyl (C=O) groups excluding carboxylic acids is 1. The largest absolute Gasteiger partial charge is 0.462 e. The Hall–Kier alpha value is -2.28. The molecule has 0 radical (unpaired) electrons. The Kier molecular flexibility index (Phi) is 5.42. The minimum absolute atomic E-state index is 0.186. The van der Waals surface area contributed by atoms with Gasteiger partial charge in [-0.2, -0.15) is 13.2 Å². The fraction of sp³-hybridized carbons (Fsp3) is 0.429. The van der Waals surface area contributed by atoms with E-state index in [-0.39, 0.29) is 11.7 Å². The van der Waals surface area contributed by atoms with Crippen molar-refractivity contribution in [2.24, 2.45) is 5.92 Å².